The fourth-order valence-electron chi connectivity index (χ4n) is 2.01. The highest BCUT2D eigenvalue weighted by molar-refractivity contribution is 6.04. The molecule has 122 valence electrons. The van der Waals surface area contributed by atoms with E-state index in [-0.39, 0.29) is 5.91 Å². The number of hydrogen-bond donors (Lipinski definition) is 1. The third-order valence-corrected chi connectivity index (χ3v) is 3.29. The summed E-state index contributed by atoms with van der Waals surface area (Å²) in [4.78, 5) is 14.3. The van der Waals surface area contributed by atoms with Crippen molar-refractivity contribution in [3.05, 3.63) is 54.1 Å². The van der Waals surface area contributed by atoms with E-state index in [0.29, 0.717) is 18.8 Å². The van der Waals surface area contributed by atoms with E-state index in [2.05, 4.69) is 5.32 Å². The minimum atomic E-state index is -0.137. The maximum absolute atomic E-state index is 12.3. The molecule has 2 aromatic rings. The van der Waals surface area contributed by atoms with Crippen molar-refractivity contribution < 1.29 is 14.3 Å². The van der Waals surface area contributed by atoms with Crippen LogP contribution in [0.5, 0.6) is 5.75 Å². The lowest BCUT2D eigenvalue weighted by Crippen LogP contribution is -2.14. The van der Waals surface area contributed by atoms with E-state index in [1.807, 2.05) is 61.5 Å². The lowest BCUT2D eigenvalue weighted by atomic mass is 10.1. The molecule has 0 saturated carbocycles. The van der Waals surface area contributed by atoms with E-state index >= 15 is 0 Å². The number of carbonyl (C=O) groups is 1. The molecule has 0 aliphatic heterocycles. The van der Waals surface area contributed by atoms with Gasteiger partial charge in [-0.05, 0) is 42.5 Å². The number of hydrogen-bond acceptors (Lipinski definition) is 4. The van der Waals surface area contributed by atoms with Crippen molar-refractivity contribution in [3.63, 3.8) is 0 Å². The molecule has 0 bridgehead atoms. The molecule has 1 amide bonds. The second kappa shape index (κ2) is 8.19. The van der Waals surface area contributed by atoms with Crippen molar-refractivity contribution in [3.8, 4) is 5.75 Å². The smallest absolute Gasteiger partial charge is 0.255 e. The number of anilines is 2. The van der Waals surface area contributed by atoms with Crippen LogP contribution in [0.1, 0.15) is 10.4 Å². The number of carbonyl (C=O) groups excluding carboxylic acids is 1. The average Bonchev–Trinajstić information content (AvgIpc) is 2.56. The Kier molecular flexibility index (Phi) is 6.00. The third-order valence-electron chi connectivity index (χ3n) is 3.29. The van der Waals surface area contributed by atoms with Gasteiger partial charge in [0, 0.05) is 38.1 Å². The summed E-state index contributed by atoms with van der Waals surface area (Å²) in [6.45, 7) is 1.04. The Morgan fingerprint density at radius 2 is 1.83 bits per heavy atom. The summed E-state index contributed by atoms with van der Waals surface area (Å²) in [7, 11) is 5.52. The Labute approximate surface area is 136 Å². The van der Waals surface area contributed by atoms with E-state index in [0.717, 1.165) is 17.1 Å². The molecule has 0 fully saturated rings. The van der Waals surface area contributed by atoms with Gasteiger partial charge in [0.25, 0.3) is 5.91 Å². The first-order valence-electron chi connectivity index (χ1n) is 7.40. The van der Waals surface area contributed by atoms with Crippen LogP contribution < -0.4 is 15.0 Å². The molecule has 0 atom stereocenters. The highest BCUT2D eigenvalue weighted by atomic mass is 16.5. The van der Waals surface area contributed by atoms with Crippen LogP contribution in [0.15, 0.2) is 48.5 Å². The van der Waals surface area contributed by atoms with E-state index in [9.17, 15) is 4.79 Å². The number of ether oxygens (including phenoxy) is 2. The number of nitrogens with one attached hydrogen (secondary N) is 1. The van der Waals surface area contributed by atoms with Gasteiger partial charge >= 0.3 is 0 Å². The zero-order chi connectivity index (χ0) is 16.7. The normalized spacial score (nSPS) is 10.2. The van der Waals surface area contributed by atoms with E-state index in [1.165, 1.54) is 0 Å². The van der Waals surface area contributed by atoms with E-state index in [1.54, 1.807) is 13.2 Å². The number of methoxy groups -OCH3 is 1. The van der Waals surface area contributed by atoms with Crippen molar-refractivity contribution in [2.75, 3.05) is 44.6 Å². The van der Waals surface area contributed by atoms with Gasteiger partial charge in [0.2, 0.25) is 0 Å². The van der Waals surface area contributed by atoms with Gasteiger partial charge in [0.15, 0.2) is 0 Å². The van der Waals surface area contributed by atoms with E-state index in [4.69, 9.17) is 9.47 Å². The number of nitrogens with zero attached hydrogens (tertiary/aromatic N) is 1. The molecule has 1 N–H and O–H groups in total. The number of benzene rings is 2. The predicted molar refractivity (Wildman–Crippen MR) is 92.5 cm³/mol. The topological polar surface area (TPSA) is 50.8 Å². The Hall–Kier alpha value is -2.53. The summed E-state index contributed by atoms with van der Waals surface area (Å²) in [6, 6.07) is 14.8. The van der Waals surface area contributed by atoms with Gasteiger partial charge in [-0.1, -0.05) is 6.07 Å². The Morgan fingerprint density at radius 3 is 2.48 bits per heavy atom. The molecule has 0 radical (unpaired) electrons. The lowest BCUT2D eigenvalue weighted by Gasteiger charge is -2.13. The number of amides is 1. The molecule has 0 unspecified atom stereocenters. The zero-order valence-corrected chi connectivity index (χ0v) is 13.7. The maximum atomic E-state index is 12.3. The van der Waals surface area contributed by atoms with Crippen LogP contribution >= 0.6 is 0 Å². The quantitative estimate of drug-likeness (QED) is 0.798. The second-order valence-electron chi connectivity index (χ2n) is 5.26. The molecule has 0 aliphatic carbocycles. The van der Waals surface area contributed by atoms with Gasteiger partial charge < -0.3 is 19.7 Å². The Bertz CT molecular complexity index is 639. The molecule has 0 saturated heterocycles. The van der Waals surface area contributed by atoms with Crippen LogP contribution in [0, 0.1) is 0 Å². The summed E-state index contributed by atoms with van der Waals surface area (Å²) in [5, 5.41) is 2.88. The molecular weight excluding hydrogens is 292 g/mol. The molecule has 0 spiro atoms. The largest absolute Gasteiger partial charge is 0.491 e. The van der Waals surface area contributed by atoms with Gasteiger partial charge in [0.1, 0.15) is 12.4 Å². The SMILES string of the molecule is COCCOc1ccc(NC(=O)c2cccc(N(C)C)c2)cc1. The zero-order valence-electron chi connectivity index (χ0n) is 13.7. The van der Waals surface area contributed by atoms with Gasteiger partial charge in [-0.15, -0.1) is 0 Å². The van der Waals surface area contributed by atoms with Crippen molar-refractivity contribution in [1.29, 1.82) is 0 Å². The van der Waals surface area contributed by atoms with Crippen molar-refractivity contribution in [2.24, 2.45) is 0 Å². The molecule has 23 heavy (non-hydrogen) atoms. The summed E-state index contributed by atoms with van der Waals surface area (Å²) < 4.78 is 10.4. The summed E-state index contributed by atoms with van der Waals surface area (Å²) in [5.74, 6) is 0.608. The first kappa shape index (κ1) is 16.8. The fourth-order valence-corrected chi connectivity index (χ4v) is 2.01. The van der Waals surface area contributed by atoms with Gasteiger partial charge in [-0.2, -0.15) is 0 Å². The Morgan fingerprint density at radius 1 is 1.09 bits per heavy atom. The molecule has 0 aliphatic rings. The third kappa shape index (κ3) is 5.00. The second-order valence-corrected chi connectivity index (χ2v) is 5.26. The van der Waals surface area contributed by atoms with Gasteiger partial charge in [-0.3, -0.25) is 4.79 Å². The van der Waals surface area contributed by atoms with Crippen LogP contribution in [0.2, 0.25) is 0 Å². The molecule has 5 heteroatoms. The van der Waals surface area contributed by atoms with Crippen LogP contribution in [0.4, 0.5) is 11.4 Å². The molecule has 2 rings (SSSR count). The van der Waals surface area contributed by atoms with Crippen molar-refractivity contribution >= 4 is 17.3 Å². The molecule has 5 nitrogen and oxygen atoms in total. The number of rotatable bonds is 7. The van der Waals surface area contributed by atoms with Crippen LogP contribution in [0.3, 0.4) is 0 Å². The summed E-state index contributed by atoms with van der Waals surface area (Å²) in [5.41, 5.74) is 2.33. The standard InChI is InChI=1S/C18H22N2O3/c1-20(2)16-6-4-5-14(13-16)18(21)19-15-7-9-17(10-8-15)23-12-11-22-3/h4-10,13H,11-12H2,1-3H3,(H,19,21). The van der Waals surface area contributed by atoms with Crippen molar-refractivity contribution in [1.82, 2.24) is 0 Å². The maximum Gasteiger partial charge on any atom is 0.255 e. The Balaban J connectivity index is 1.98. The van der Waals surface area contributed by atoms with Crippen LogP contribution in [-0.2, 0) is 4.74 Å². The first-order chi connectivity index (χ1) is 11.1. The first-order valence-corrected chi connectivity index (χ1v) is 7.40. The monoisotopic (exact) mass is 314 g/mol. The average molecular weight is 314 g/mol. The predicted octanol–water partition coefficient (Wildman–Crippen LogP) is 3.03. The molecule has 0 aromatic heterocycles. The van der Waals surface area contributed by atoms with Gasteiger partial charge in [-0.25, -0.2) is 0 Å². The fraction of sp³-hybridized carbons (Fsp3) is 0.278. The molecule has 0 heterocycles. The highest BCUT2D eigenvalue weighted by Gasteiger charge is 2.07. The summed E-state index contributed by atoms with van der Waals surface area (Å²) >= 11 is 0. The molecule has 2 aromatic carbocycles. The minimum Gasteiger partial charge on any atom is -0.491 e. The summed E-state index contributed by atoms with van der Waals surface area (Å²) in [6.07, 6.45) is 0. The van der Waals surface area contributed by atoms with Crippen LogP contribution in [0.25, 0.3) is 0 Å². The minimum absolute atomic E-state index is 0.137. The van der Waals surface area contributed by atoms with Crippen LogP contribution in [-0.4, -0.2) is 40.3 Å². The highest BCUT2D eigenvalue weighted by Crippen LogP contribution is 2.18. The molecular formula is C18H22N2O3. The lowest BCUT2D eigenvalue weighted by molar-refractivity contribution is 0.102. The van der Waals surface area contributed by atoms with Gasteiger partial charge in [0.05, 0.1) is 6.61 Å². The van der Waals surface area contributed by atoms with Crippen molar-refractivity contribution in [2.45, 2.75) is 0 Å². The van der Waals surface area contributed by atoms with E-state index < -0.39 is 0 Å².